The first-order valence-electron chi connectivity index (χ1n) is 8.68. The summed E-state index contributed by atoms with van der Waals surface area (Å²) in [4.78, 5) is 20.0. The van der Waals surface area contributed by atoms with Crippen LogP contribution in [0.3, 0.4) is 0 Å². The molecule has 0 aliphatic rings. The van der Waals surface area contributed by atoms with Gasteiger partial charge in [-0.2, -0.15) is 9.97 Å². The average Bonchev–Trinajstić information content (AvgIpc) is 2.62. The van der Waals surface area contributed by atoms with E-state index in [1.54, 1.807) is 30.5 Å². The van der Waals surface area contributed by atoms with Gasteiger partial charge in [0.2, 0.25) is 5.91 Å². The summed E-state index contributed by atoms with van der Waals surface area (Å²) in [5.41, 5.74) is 5.46. The zero-order valence-corrected chi connectivity index (χ0v) is 15.9. The van der Waals surface area contributed by atoms with E-state index in [-0.39, 0.29) is 11.9 Å². The summed E-state index contributed by atoms with van der Waals surface area (Å²) in [7, 11) is 0. The maximum absolute atomic E-state index is 11.1. The second-order valence-corrected chi connectivity index (χ2v) is 6.41. The van der Waals surface area contributed by atoms with Crippen molar-refractivity contribution in [2.24, 2.45) is 5.84 Å². The van der Waals surface area contributed by atoms with Crippen LogP contribution in [0.4, 0.5) is 11.5 Å². The molecule has 8 heteroatoms. The number of allylic oxidation sites excluding steroid dienone is 1. The van der Waals surface area contributed by atoms with Gasteiger partial charge >= 0.3 is 6.01 Å². The van der Waals surface area contributed by atoms with Gasteiger partial charge in [0.25, 0.3) is 0 Å². The molecule has 1 amide bonds. The highest BCUT2D eigenvalue weighted by molar-refractivity contribution is 5.89. The standard InChI is InChI=1S/C20H22N6O2/c1-13(2)12-26(21)25-19-17-6-4-5-7-18(17)23-20(24-19)28-16-10-8-15(9-11-16)22-14(3)27/h4-12H,21H2,1-3H3,(H,22,27)(H,23,24,25). The van der Waals surface area contributed by atoms with Crippen molar-refractivity contribution in [3.05, 3.63) is 60.3 Å². The summed E-state index contributed by atoms with van der Waals surface area (Å²) in [6.07, 6.45) is 1.75. The van der Waals surface area contributed by atoms with E-state index in [9.17, 15) is 4.79 Å². The quantitative estimate of drug-likeness (QED) is 0.442. The molecule has 3 aromatic rings. The molecule has 1 aromatic heterocycles. The van der Waals surface area contributed by atoms with E-state index in [2.05, 4.69) is 20.7 Å². The first-order chi connectivity index (χ1) is 13.4. The van der Waals surface area contributed by atoms with Crippen molar-refractivity contribution in [1.29, 1.82) is 0 Å². The largest absolute Gasteiger partial charge is 0.424 e. The minimum Gasteiger partial charge on any atom is -0.424 e. The second-order valence-electron chi connectivity index (χ2n) is 6.41. The van der Waals surface area contributed by atoms with Crippen LogP contribution < -0.4 is 21.3 Å². The van der Waals surface area contributed by atoms with Crippen molar-refractivity contribution in [2.45, 2.75) is 20.8 Å². The summed E-state index contributed by atoms with van der Waals surface area (Å²) >= 11 is 0. The molecule has 3 rings (SSSR count). The third kappa shape index (κ3) is 4.95. The Labute approximate surface area is 163 Å². The maximum Gasteiger partial charge on any atom is 0.324 e. The number of nitrogens with one attached hydrogen (secondary N) is 2. The molecule has 0 spiro atoms. The van der Waals surface area contributed by atoms with E-state index in [0.717, 1.165) is 16.5 Å². The van der Waals surface area contributed by atoms with Crippen LogP contribution in [0.25, 0.3) is 10.9 Å². The van der Waals surface area contributed by atoms with Crippen LogP contribution in [0.15, 0.2) is 60.3 Å². The summed E-state index contributed by atoms with van der Waals surface area (Å²) in [5.74, 6) is 6.90. The van der Waals surface area contributed by atoms with Gasteiger partial charge in [0.1, 0.15) is 5.75 Å². The number of carbonyl (C=O) groups is 1. The smallest absolute Gasteiger partial charge is 0.324 e. The number of aromatic nitrogens is 2. The number of fused-ring (bicyclic) bond motifs is 1. The fourth-order valence-corrected chi connectivity index (χ4v) is 2.53. The number of nitrogens with zero attached hydrogens (tertiary/aromatic N) is 3. The lowest BCUT2D eigenvalue weighted by molar-refractivity contribution is -0.114. The average molecular weight is 378 g/mol. The number of para-hydroxylation sites is 1. The monoisotopic (exact) mass is 378 g/mol. The van der Waals surface area contributed by atoms with Crippen LogP contribution in [-0.4, -0.2) is 21.0 Å². The topological polar surface area (TPSA) is 105 Å². The third-order valence-corrected chi connectivity index (χ3v) is 3.60. The number of benzene rings is 2. The van der Waals surface area contributed by atoms with Gasteiger partial charge in [0.05, 0.1) is 5.52 Å². The molecular weight excluding hydrogens is 356 g/mol. The number of rotatable bonds is 6. The van der Waals surface area contributed by atoms with Gasteiger partial charge in [-0.25, -0.2) is 11.0 Å². The van der Waals surface area contributed by atoms with Gasteiger partial charge in [0.15, 0.2) is 5.82 Å². The zero-order valence-electron chi connectivity index (χ0n) is 15.9. The molecule has 0 fully saturated rings. The second kappa shape index (κ2) is 8.36. The normalized spacial score (nSPS) is 10.3. The first-order valence-corrected chi connectivity index (χ1v) is 8.68. The predicted octanol–water partition coefficient (Wildman–Crippen LogP) is 3.81. The van der Waals surface area contributed by atoms with Crippen molar-refractivity contribution in [3.8, 4) is 11.8 Å². The Balaban J connectivity index is 1.89. The van der Waals surface area contributed by atoms with E-state index in [0.29, 0.717) is 17.3 Å². The van der Waals surface area contributed by atoms with E-state index < -0.39 is 0 Å². The minimum absolute atomic E-state index is 0.134. The number of hydrogen-bond acceptors (Lipinski definition) is 7. The molecule has 0 saturated heterocycles. The van der Waals surface area contributed by atoms with Crippen LogP contribution in [0, 0.1) is 0 Å². The number of nitrogens with two attached hydrogens (primary N) is 1. The van der Waals surface area contributed by atoms with Gasteiger partial charge in [0, 0.05) is 24.2 Å². The van der Waals surface area contributed by atoms with Gasteiger partial charge in [-0.15, -0.1) is 0 Å². The van der Waals surface area contributed by atoms with Crippen molar-refractivity contribution in [3.63, 3.8) is 0 Å². The molecule has 0 saturated carbocycles. The highest BCUT2D eigenvalue weighted by Gasteiger charge is 2.10. The van der Waals surface area contributed by atoms with Crippen LogP contribution in [0.1, 0.15) is 20.8 Å². The predicted molar refractivity (Wildman–Crippen MR) is 109 cm³/mol. The molecule has 0 aliphatic heterocycles. The van der Waals surface area contributed by atoms with E-state index in [1.807, 2.05) is 38.1 Å². The van der Waals surface area contributed by atoms with Crippen LogP contribution in [-0.2, 0) is 4.79 Å². The highest BCUT2D eigenvalue weighted by atomic mass is 16.5. The number of carbonyl (C=O) groups excluding carboxylic acids is 1. The molecule has 0 atom stereocenters. The molecule has 0 aliphatic carbocycles. The fraction of sp³-hybridized carbons (Fsp3) is 0.150. The zero-order chi connectivity index (χ0) is 20.1. The Morgan fingerprint density at radius 3 is 2.46 bits per heavy atom. The van der Waals surface area contributed by atoms with Gasteiger partial charge in [-0.1, -0.05) is 17.7 Å². The first kappa shape index (κ1) is 19.1. The van der Waals surface area contributed by atoms with Crippen LogP contribution in [0.2, 0.25) is 0 Å². The fourth-order valence-electron chi connectivity index (χ4n) is 2.53. The van der Waals surface area contributed by atoms with Crippen molar-refractivity contribution < 1.29 is 9.53 Å². The van der Waals surface area contributed by atoms with Crippen molar-refractivity contribution in [1.82, 2.24) is 15.1 Å². The molecule has 28 heavy (non-hydrogen) atoms. The highest BCUT2D eigenvalue weighted by Crippen LogP contribution is 2.26. The number of amides is 1. The third-order valence-electron chi connectivity index (χ3n) is 3.60. The minimum atomic E-state index is -0.134. The number of anilines is 2. The van der Waals surface area contributed by atoms with E-state index in [1.165, 1.54) is 12.0 Å². The molecule has 0 unspecified atom stereocenters. The van der Waals surface area contributed by atoms with Crippen molar-refractivity contribution in [2.75, 3.05) is 10.7 Å². The van der Waals surface area contributed by atoms with Crippen LogP contribution in [0.5, 0.6) is 11.8 Å². The summed E-state index contributed by atoms with van der Waals surface area (Å²) < 4.78 is 5.80. The SMILES string of the molecule is CC(=O)Nc1ccc(Oc2nc(NN(N)C=C(C)C)c3ccccc3n2)cc1. The molecule has 2 aromatic carbocycles. The Morgan fingerprint density at radius 1 is 1.07 bits per heavy atom. The molecule has 144 valence electrons. The molecule has 4 N–H and O–H groups in total. The van der Waals surface area contributed by atoms with Gasteiger partial charge in [-0.3, -0.25) is 10.2 Å². The molecule has 1 heterocycles. The Kier molecular flexibility index (Phi) is 5.71. The summed E-state index contributed by atoms with van der Waals surface area (Å²) in [5, 5.41) is 4.86. The number of hydrogen-bond donors (Lipinski definition) is 3. The van der Waals surface area contributed by atoms with Gasteiger partial charge < -0.3 is 10.1 Å². The number of hydrazine groups is 2. The lowest BCUT2D eigenvalue weighted by Gasteiger charge is -2.18. The summed E-state index contributed by atoms with van der Waals surface area (Å²) in [6.45, 7) is 5.34. The number of ether oxygens (including phenoxy) is 1. The molecular formula is C20H22N6O2. The van der Waals surface area contributed by atoms with Crippen molar-refractivity contribution >= 4 is 28.3 Å². The molecule has 8 nitrogen and oxygen atoms in total. The molecule has 0 radical (unpaired) electrons. The molecule has 0 bridgehead atoms. The lowest BCUT2D eigenvalue weighted by atomic mass is 10.2. The maximum atomic E-state index is 11.1. The lowest BCUT2D eigenvalue weighted by Crippen LogP contribution is -2.32. The van der Waals surface area contributed by atoms with Crippen LogP contribution >= 0.6 is 0 Å². The summed E-state index contributed by atoms with van der Waals surface area (Å²) in [6, 6.07) is 14.7. The Morgan fingerprint density at radius 2 is 1.79 bits per heavy atom. The van der Waals surface area contributed by atoms with E-state index in [4.69, 9.17) is 10.6 Å². The van der Waals surface area contributed by atoms with E-state index >= 15 is 0 Å². The van der Waals surface area contributed by atoms with Gasteiger partial charge in [-0.05, 0) is 50.2 Å². The Hall–Kier alpha value is -3.65. The Bertz CT molecular complexity index is 1010.